The minimum absolute atomic E-state index is 0.0583. The molecule has 2 amide bonds. The number of benzene rings is 1. The molecule has 2 rings (SSSR count). The van der Waals surface area contributed by atoms with Crippen LogP contribution in [0.3, 0.4) is 0 Å². The molecule has 1 heterocycles. The smallest absolute Gasteiger partial charge is 0.305 e. The monoisotopic (exact) mass is 416 g/mol. The maximum absolute atomic E-state index is 12.9. The quantitative estimate of drug-likeness (QED) is 0.547. The van der Waals surface area contributed by atoms with Gasteiger partial charge in [-0.3, -0.25) is 14.4 Å². The molecule has 0 saturated carbocycles. The third-order valence-electron chi connectivity index (χ3n) is 4.98. The summed E-state index contributed by atoms with van der Waals surface area (Å²) in [6, 6.07) is 9.57. The lowest BCUT2D eigenvalue weighted by Crippen LogP contribution is -2.39. The summed E-state index contributed by atoms with van der Waals surface area (Å²) in [5.74, 6) is -1.17. The standard InChI is InChI=1S/C23H32N2O5/c26-15-14-25(18-19-9-5-4-6-10-19)21(27)17-20-11-7-2-1-3-8-12-22(28)30-16-13-24-23(20)29/h2,4-7,9-10,20,26H,1,3,8,11-18H2,(H,24,29)/t20-/m1/s1. The molecule has 1 aliphatic rings. The van der Waals surface area contributed by atoms with E-state index in [1.54, 1.807) is 4.90 Å². The average Bonchev–Trinajstić information content (AvgIpc) is 2.75. The first-order chi connectivity index (χ1) is 14.6. The van der Waals surface area contributed by atoms with Crippen molar-refractivity contribution in [1.82, 2.24) is 10.2 Å². The predicted octanol–water partition coefficient (Wildman–Crippen LogP) is 2.19. The summed E-state index contributed by atoms with van der Waals surface area (Å²) in [5, 5.41) is 12.1. The molecule has 2 N–H and O–H groups in total. The second-order valence-electron chi connectivity index (χ2n) is 7.39. The van der Waals surface area contributed by atoms with E-state index >= 15 is 0 Å². The molecule has 1 atom stereocenters. The van der Waals surface area contributed by atoms with Crippen LogP contribution in [0.4, 0.5) is 0 Å². The number of nitrogens with zero attached hydrogens (tertiary/aromatic N) is 1. The van der Waals surface area contributed by atoms with Gasteiger partial charge in [0.05, 0.1) is 19.1 Å². The van der Waals surface area contributed by atoms with Crippen molar-refractivity contribution in [2.45, 2.75) is 45.1 Å². The Morgan fingerprint density at radius 3 is 2.73 bits per heavy atom. The number of ether oxygens (including phenoxy) is 1. The highest BCUT2D eigenvalue weighted by Gasteiger charge is 2.24. The Balaban J connectivity index is 2.01. The largest absolute Gasteiger partial charge is 0.464 e. The molecule has 164 valence electrons. The third-order valence-corrected chi connectivity index (χ3v) is 4.98. The molecule has 0 saturated heterocycles. The molecule has 30 heavy (non-hydrogen) atoms. The Morgan fingerprint density at radius 2 is 1.97 bits per heavy atom. The normalized spacial score (nSPS) is 18.8. The summed E-state index contributed by atoms with van der Waals surface area (Å²) < 4.78 is 5.11. The second-order valence-corrected chi connectivity index (χ2v) is 7.39. The van der Waals surface area contributed by atoms with Crippen LogP contribution >= 0.6 is 0 Å². The van der Waals surface area contributed by atoms with Gasteiger partial charge in [0, 0.05) is 25.9 Å². The molecular weight excluding hydrogens is 384 g/mol. The van der Waals surface area contributed by atoms with Gasteiger partial charge in [-0.2, -0.15) is 0 Å². The highest BCUT2D eigenvalue weighted by atomic mass is 16.5. The summed E-state index contributed by atoms with van der Waals surface area (Å²) in [6.07, 6.45) is 7.32. The number of nitrogens with one attached hydrogen (secondary N) is 1. The van der Waals surface area contributed by atoms with Crippen molar-refractivity contribution in [3.05, 3.63) is 48.0 Å². The van der Waals surface area contributed by atoms with Gasteiger partial charge in [0.2, 0.25) is 11.8 Å². The molecule has 0 aliphatic carbocycles. The number of carbonyl (C=O) groups is 3. The van der Waals surface area contributed by atoms with Gasteiger partial charge in [-0.25, -0.2) is 0 Å². The number of hydrogen-bond acceptors (Lipinski definition) is 5. The van der Waals surface area contributed by atoms with Crippen LogP contribution in [0.25, 0.3) is 0 Å². The maximum atomic E-state index is 12.9. The van der Waals surface area contributed by atoms with Crippen molar-refractivity contribution < 1.29 is 24.2 Å². The van der Waals surface area contributed by atoms with E-state index in [1.165, 1.54) is 0 Å². The van der Waals surface area contributed by atoms with Gasteiger partial charge in [0.1, 0.15) is 6.61 Å². The van der Waals surface area contributed by atoms with Crippen molar-refractivity contribution >= 4 is 17.8 Å². The number of rotatable bonds is 6. The van der Waals surface area contributed by atoms with Gasteiger partial charge in [-0.15, -0.1) is 0 Å². The van der Waals surface area contributed by atoms with Gasteiger partial charge in [0.25, 0.3) is 0 Å². The fourth-order valence-electron chi connectivity index (χ4n) is 3.30. The lowest BCUT2D eigenvalue weighted by molar-refractivity contribution is -0.144. The number of hydrogen-bond donors (Lipinski definition) is 2. The van der Waals surface area contributed by atoms with Crippen LogP contribution in [-0.2, 0) is 25.7 Å². The van der Waals surface area contributed by atoms with Crippen molar-refractivity contribution in [3.8, 4) is 0 Å². The topological polar surface area (TPSA) is 95.9 Å². The number of esters is 1. The fraction of sp³-hybridized carbons (Fsp3) is 0.522. The van der Waals surface area contributed by atoms with Gasteiger partial charge in [0.15, 0.2) is 0 Å². The lowest BCUT2D eigenvalue weighted by atomic mass is 9.98. The van der Waals surface area contributed by atoms with E-state index in [0.29, 0.717) is 19.4 Å². The summed E-state index contributed by atoms with van der Waals surface area (Å²) >= 11 is 0. The molecule has 0 aromatic heterocycles. The minimum atomic E-state index is -0.510. The molecule has 0 bridgehead atoms. The van der Waals surface area contributed by atoms with E-state index in [2.05, 4.69) is 5.32 Å². The summed E-state index contributed by atoms with van der Waals surface area (Å²) in [5.41, 5.74) is 0.969. The number of allylic oxidation sites excluding steroid dienone is 2. The van der Waals surface area contributed by atoms with Crippen molar-refractivity contribution in [2.24, 2.45) is 5.92 Å². The van der Waals surface area contributed by atoms with Gasteiger partial charge < -0.3 is 20.1 Å². The number of aliphatic hydroxyl groups is 1. The van der Waals surface area contributed by atoms with Gasteiger partial charge in [-0.1, -0.05) is 42.5 Å². The van der Waals surface area contributed by atoms with E-state index < -0.39 is 5.92 Å². The van der Waals surface area contributed by atoms with E-state index in [4.69, 9.17) is 4.74 Å². The number of amides is 2. The van der Waals surface area contributed by atoms with Gasteiger partial charge in [-0.05, 0) is 31.2 Å². The molecule has 0 radical (unpaired) electrons. The molecule has 0 unspecified atom stereocenters. The van der Waals surface area contributed by atoms with Crippen LogP contribution < -0.4 is 5.32 Å². The zero-order valence-electron chi connectivity index (χ0n) is 17.4. The molecule has 7 heteroatoms. The number of carbonyl (C=O) groups excluding carboxylic acids is 3. The van der Waals surface area contributed by atoms with Crippen LogP contribution in [-0.4, -0.2) is 54.1 Å². The highest BCUT2D eigenvalue weighted by molar-refractivity contribution is 5.86. The van der Waals surface area contributed by atoms with Crippen LogP contribution in [0.1, 0.15) is 44.1 Å². The SMILES string of the molecule is O=C1CCCCC=CC[C@H](CC(=O)N(CCO)Cc2ccccc2)C(=O)NCCO1. The minimum Gasteiger partial charge on any atom is -0.464 e. The molecule has 0 fully saturated rings. The van der Waals surface area contributed by atoms with E-state index in [0.717, 1.165) is 24.8 Å². The zero-order chi connectivity index (χ0) is 21.6. The van der Waals surface area contributed by atoms with Crippen LogP contribution in [0.2, 0.25) is 0 Å². The Bertz CT molecular complexity index is 705. The Morgan fingerprint density at radius 1 is 1.17 bits per heavy atom. The van der Waals surface area contributed by atoms with Crippen LogP contribution in [0.15, 0.2) is 42.5 Å². The molecule has 1 aliphatic heterocycles. The first kappa shape index (κ1) is 23.6. The first-order valence-electron chi connectivity index (χ1n) is 10.6. The van der Waals surface area contributed by atoms with Crippen molar-refractivity contribution in [1.29, 1.82) is 0 Å². The number of aliphatic hydroxyl groups excluding tert-OH is 1. The molecular formula is C23H32N2O5. The molecule has 1 aromatic carbocycles. The first-order valence-corrected chi connectivity index (χ1v) is 10.6. The van der Waals surface area contributed by atoms with Crippen LogP contribution in [0, 0.1) is 5.92 Å². The maximum Gasteiger partial charge on any atom is 0.305 e. The van der Waals surface area contributed by atoms with E-state index in [-0.39, 0.29) is 50.5 Å². The predicted molar refractivity (Wildman–Crippen MR) is 113 cm³/mol. The Kier molecular flexibility index (Phi) is 10.7. The Hall–Kier alpha value is -2.67. The molecule has 0 spiro atoms. The van der Waals surface area contributed by atoms with Crippen molar-refractivity contribution in [3.63, 3.8) is 0 Å². The fourth-order valence-corrected chi connectivity index (χ4v) is 3.30. The Labute approximate surface area is 178 Å². The summed E-state index contributed by atoms with van der Waals surface area (Å²) in [7, 11) is 0. The van der Waals surface area contributed by atoms with E-state index in [1.807, 2.05) is 42.5 Å². The third kappa shape index (κ3) is 8.78. The second kappa shape index (κ2) is 13.5. The van der Waals surface area contributed by atoms with Gasteiger partial charge >= 0.3 is 5.97 Å². The lowest BCUT2D eigenvalue weighted by Gasteiger charge is -2.24. The summed E-state index contributed by atoms with van der Waals surface area (Å²) in [6.45, 7) is 0.823. The molecule has 7 nitrogen and oxygen atoms in total. The molecule has 1 aromatic rings. The highest BCUT2D eigenvalue weighted by Crippen LogP contribution is 2.15. The average molecular weight is 417 g/mol. The van der Waals surface area contributed by atoms with Crippen molar-refractivity contribution in [2.75, 3.05) is 26.3 Å². The van der Waals surface area contributed by atoms with Crippen LogP contribution in [0.5, 0.6) is 0 Å². The summed E-state index contributed by atoms with van der Waals surface area (Å²) in [4.78, 5) is 38.7. The number of cyclic esters (lactones) is 1. The zero-order valence-corrected chi connectivity index (χ0v) is 17.4. The van der Waals surface area contributed by atoms with E-state index in [9.17, 15) is 19.5 Å².